The summed E-state index contributed by atoms with van der Waals surface area (Å²) in [5, 5.41) is 0. The average Bonchev–Trinajstić information content (AvgIpc) is 1.98. The predicted octanol–water partition coefficient (Wildman–Crippen LogP) is 1.77. The van der Waals surface area contributed by atoms with Crippen LogP contribution >= 0.6 is 0 Å². The molecule has 0 aromatic rings. The van der Waals surface area contributed by atoms with Gasteiger partial charge in [0.25, 0.3) is 0 Å². The summed E-state index contributed by atoms with van der Waals surface area (Å²) in [5.41, 5.74) is 8.95. The predicted molar refractivity (Wildman–Crippen MR) is 47.9 cm³/mol. The van der Waals surface area contributed by atoms with Crippen LogP contribution in [0.15, 0.2) is 24.3 Å². The molecule has 0 aliphatic carbocycles. The molecule has 0 amide bonds. The van der Waals surface area contributed by atoms with Gasteiger partial charge >= 0.3 is 6.21 Å². The van der Waals surface area contributed by atoms with Gasteiger partial charge in [0.15, 0.2) is 0 Å². The largest absolute Gasteiger partial charge is 0.361 e. The molecule has 0 aromatic carbocycles. The molecule has 0 spiro atoms. The van der Waals surface area contributed by atoms with Gasteiger partial charge in [0, 0.05) is 6.42 Å². The van der Waals surface area contributed by atoms with E-state index in [2.05, 4.69) is 11.4 Å². The maximum Gasteiger partial charge on any atom is 0.323 e. The van der Waals surface area contributed by atoms with Crippen molar-refractivity contribution in [1.82, 2.24) is 0 Å². The molecule has 0 fully saturated rings. The summed E-state index contributed by atoms with van der Waals surface area (Å²) >= 11 is 0. The molecular formula is C9H12N2O. The Morgan fingerprint density at radius 1 is 1.67 bits per heavy atom. The fourth-order valence-corrected chi connectivity index (χ4v) is 0.639. The minimum atomic E-state index is -0.177. The molecule has 3 heteroatoms. The van der Waals surface area contributed by atoms with Crippen molar-refractivity contribution in [3.05, 3.63) is 29.8 Å². The smallest absolute Gasteiger partial charge is 0.323 e. The topological polar surface area (TPSA) is 53.5 Å². The Morgan fingerprint density at radius 3 is 2.83 bits per heavy atom. The van der Waals surface area contributed by atoms with E-state index < -0.39 is 0 Å². The van der Waals surface area contributed by atoms with E-state index in [9.17, 15) is 4.79 Å². The number of hydrogen-bond donors (Lipinski definition) is 0. The van der Waals surface area contributed by atoms with Gasteiger partial charge in [-0.2, -0.15) is 4.79 Å². The van der Waals surface area contributed by atoms with Gasteiger partial charge in [-0.1, -0.05) is 24.3 Å². The zero-order valence-electron chi connectivity index (χ0n) is 7.16. The second-order valence-electron chi connectivity index (χ2n) is 2.50. The van der Waals surface area contributed by atoms with E-state index >= 15 is 0 Å². The third-order valence-corrected chi connectivity index (χ3v) is 1.16. The zero-order valence-corrected chi connectivity index (χ0v) is 7.16. The Morgan fingerprint density at radius 2 is 2.33 bits per heavy atom. The van der Waals surface area contributed by atoms with E-state index in [0.29, 0.717) is 12.8 Å². The fourth-order valence-electron chi connectivity index (χ4n) is 0.639. The molecule has 3 nitrogen and oxygen atoms in total. The monoisotopic (exact) mass is 164 g/mol. The maximum atomic E-state index is 10.7. The highest BCUT2D eigenvalue weighted by Gasteiger charge is 1.98. The molecular weight excluding hydrogens is 152 g/mol. The molecule has 0 radical (unpaired) electrons. The van der Waals surface area contributed by atoms with Crippen molar-refractivity contribution in [3.63, 3.8) is 0 Å². The number of ketones is 1. The number of rotatable bonds is 5. The molecule has 0 unspecified atom stereocenters. The van der Waals surface area contributed by atoms with Crippen LogP contribution in [0.25, 0.3) is 5.53 Å². The first-order chi connectivity index (χ1) is 5.66. The minimum absolute atomic E-state index is 0.177. The molecule has 0 heterocycles. The highest BCUT2D eigenvalue weighted by Crippen LogP contribution is 1.95. The van der Waals surface area contributed by atoms with Crippen molar-refractivity contribution in [3.8, 4) is 0 Å². The van der Waals surface area contributed by atoms with Gasteiger partial charge in [-0.25, -0.2) is 0 Å². The summed E-state index contributed by atoms with van der Waals surface area (Å²) in [4.78, 5) is 13.4. The van der Waals surface area contributed by atoms with E-state index in [1.807, 2.05) is 19.1 Å². The number of carbonyl (C=O) groups excluding carboxylic acids is 1. The van der Waals surface area contributed by atoms with Gasteiger partial charge < -0.3 is 5.53 Å². The third kappa shape index (κ3) is 6.65. The molecule has 0 aliphatic rings. The van der Waals surface area contributed by atoms with Crippen molar-refractivity contribution in [2.45, 2.75) is 19.8 Å². The van der Waals surface area contributed by atoms with Crippen molar-refractivity contribution in [2.24, 2.45) is 0 Å². The van der Waals surface area contributed by atoms with Crippen LogP contribution < -0.4 is 0 Å². The van der Waals surface area contributed by atoms with Crippen molar-refractivity contribution < 1.29 is 9.58 Å². The highest BCUT2D eigenvalue weighted by atomic mass is 16.1. The van der Waals surface area contributed by atoms with Crippen LogP contribution in [-0.2, 0) is 4.79 Å². The summed E-state index contributed by atoms with van der Waals surface area (Å²) < 4.78 is 0. The molecule has 0 bridgehead atoms. The molecule has 0 aromatic heterocycles. The standard InChI is InChI=1S/C9H12N2O/c1-8(2)5-3-4-6-9(12)7-11-10/h3,5,7H,1,4,6H2,2H3/b5-3+. The summed E-state index contributed by atoms with van der Waals surface area (Å²) in [6.07, 6.45) is 5.65. The molecule has 0 rings (SSSR count). The number of hydrogen-bond acceptors (Lipinski definition) is 1. The van der Waals surface area contributed by atoms with Crippen molar-refractivity contribution >= 4 is 12.0 Å². The highest BCUT2D eigenvalue weighted by molar-refractivity contribution is 6.25. The second-order valence-corrected chi connectivity index (χ2v) is 2.50. The second kappa shape index (κ2) is 6.25. The van der Waals surface area contributed by atoms with Crippen LogP contribution in [0.4, 0.5) is 0 Å². The van der Waals surface area contributed by atoms with E-state index in [0.717, 1.165) is 11.8 Å². The van der Waals surface area contributed by atoms with Gasteiger partial charge in [0.2, 0.25) is 5.78 Å². The number of nitrogens with zero attached hydrogens (tertiary/aromatic N) is 2. The molecule has 64 valence electrons. The summed E-state index contributed by atoms with van der Waals surface area (Å²) in [7, 11) is 0. The van der Waals surface area contributed by atoms with Gasteiger partial charge in [0.05, 0.1) is 0 Å². The Labute approximate surface area is 72.0 Å². The van der Waals surface area contributed by atoms with Crippen LogP contribution in [0.1, 0.15) is 19.8 Å². The number of carbonyl (C=O) groups is 1. The van der Waals surface area contributed by atoms with Crippen LogP contribution in [0, 0.1) is 0 Å². The van der Waals surface area contributed by atoms with Crippen LogP contribution in [0.3, 0.4) is 0 Å². The first-order valence-electron chi connectivity index (χ1n) is 3.69. The van der Waals surface area contributed by atoms with Crippen molar-refractivity contribution in [1.29, 1.82) is 0 Å². The lowest BCUT2D eigenvalue weighted by molar-refractivity contribution is -0.116. The maximum absolute atomic E-state index is 10.7. The molecule has 0 saturated carbocycles. The molecule has 0 N–H and O–H groups in total. The van der Waals surface area contributed by atoms with Gasteiger partial charge in [-0.3, -0.25) is 4.79 Å². The van der Waals surface area contributed by atoms with Crippen molar-refractivity contribution in [2.75, 3.05) is 0 Å². The van der Waals surface area contributed by atoms with Crippen LogP contribution in [-0.4, -0.2) is 16.8 Å². The lowest BCUT2D eigenvalue weighted by atomic mass is 10.2. The average molecular weight is 164 g/mol. The normalized spacial score (nSPS) is 9.42. The summed E-state index contributed by atoms with van der Waals surface area (Å²) in [6, 6.07) is 0. The van der Waals surface area contributed by atoms with Crippen LogP contribution in [0.2, 0.25) is 0 Å². The fraction of sp³-hybridized carbons (Fsp3) is 0.333. The van der Waals surface area contributed by atoms with Crippen LogP contribution in [0.5, 0.6) is 0 Å². The molecule has 12 heavy (non-hydrogen) atoms. The summed E-state index contributed by atoms with van der Waals surface area (Å²) in [5.74, 6) is -0.177. The molecule has 0 atom stereocenters. The molecule has 0 saturated heterocycles. The number of allylic oxidation sites excluding steroid dienone is 3. The quantitative estimate of drug-likeness (QED) is 0.264. The lowest BCUT2D eigenvalue weighted by Gasteiger charge is -1.86. The van der Waals surface area contributed by atoms with Gasteiger partial charge in [-0.15, -0.1) is 0 Å². The van der Waals surface area contributed by atoms with E-state index in [1.54, 1.807) is 0 Å². The molecule has 0 aliphatic heterocycles. The SMILES string of the molecule is C=C(C)/C=C/CCC(=O)C=[N+]=[N-]. The first kappa shape index (κ1) is 10.5. The van der Waals surface area contributed by atoms with Gasteiger partial charge in [0.1, 0.15) is 0 Å². The minimum Gasteiger partial charge on any atom is -0.361 e. The Kier molecular flexibility index (Phi) is 5.49. The lowest BCUT2D eigenvalue weighted by Crippen LogP contribution is -1.97. The first-order valence-corrected chi connectivity index (χ1v) is 3.69. The number of Topliss-reactive ketones (excluding diaryl/α,β-unsaturated/α-hetero) is 1. The van der Waals surface area contributed by atoms with Gasteiger partial charge in [-0.05, 0) is 13.3 Å². The van der Waals surface area contributed by atoms with E-state index in [-0.39, 0.29) is 5.78 Å². The Hall–Kier alpha value is -1.47. The Bertz CT molecular complexity index is 247. The van der Waals surface area contributed by atoms with E-state index in [4.69, 9.17) is 5.53 Å². The zero-order chi connectivity index (χ0) is 9.40. The summed E-state index contributed by atoms with van der Waals surface area (Å²) in [6.45, 7) is 5.55. The van der Waals surface area contributed by atoms with E-state index in [1.165, 1.54) is 0 Å². The Balaban J connectivity index is 3.63. The third-order valence-electron chi connectivity index (χ3n) is 1.16.